The molecular formula is C24H36IN7. The lowest BCUT2D eigenvalue weighted by Gasteiger charge is -2.36. The highest BCUT2D eigenvalue weighted by molar-refractivity contribution is 14.0. The van der Waals surface area contributed by atoms with E-state index in [9.17, 15) is 0 Å². The molecule has 1 N–H and O–H groups in total. The van der Waals surface area contributed by atoms with Crippen molar-refractivity contribution in [3.05, 3.63) is 53.9 Å². The van der Waals surface area contributed by atoms with Gasteiger partial charge < -0.3 is 15.1 Å². The molecule has 2 aliphatic heterocycles. The number of aliphatic imine (C=N–C) groups is 1. The molecule has 2 saturated heterocycles. The number of halogens is 1. The molecule has 2 fully saturated rings. The summed E-state index contributed by atoms with van der Waals surface area (Å²) in [5, 5.41) is 3.61. The Balaban J connectivity index is 0.00000289. The van der Waals surface area contributed by atoms with Gasteiger partial charge in [-0.25, -0.2) is 9.97 Å². The molecule has 32 heavy (non-hydrogen) atoms. The van der Waals surface area contributed by atoms with Crippen LogP contribution in [0, 0.1) is 0 Å². The highest BCUT2D eigenvalue weighted by Gasteiger charge is 2.21. The zero-order valence-corrected chi connectivity index (χ0v) is 21.4. The van der Waals surface area contributed by atoms with Crippen LogP contribution in [-0.4, -0.2) is 72.0 Å². The minimum absolute atomic E-state index is 0. The molecule has 174 valence electrons. The molecule has 0 saturated carbocycles. The van der Waals surface area contributed by atoms with Crippen molar-refractivity contribution in [3.8, 4) is 0 Å². The van der Waals surface area contributed by atoms with Crippen LogP contribution in [0.15, 0.2) is 47.7 Å². The van der Waals surface area contributed by atoms with Gasteiger partial charge >= 0.3 is 0 Å². The Labute approximate surface area is 209 Å². The molecule has 4 rings (SSSR count). The predicted molar refractivity (Wildman–Crippen MR) is 142 cm³/mol. The number of nitrogens with one attached hydrogen (secondary N) is 1. The third-order valence-electron chi connectivity index (χ3n) is 6.27. The number of rotatable bonds is 5. The number of hydrogen-bond donors (Lipinski definition) is 1. The molecule has 0 aliphatic carbocycles. The van der Waals surface area contributed by atoms with E-state index in [1.807, 2.05) is 13.1 Å². The Kier molecular flexibility index (Phi) is 9.98. The van der Waals surface area contributed by atoms with Crippen LogP contribution in [0.4, 0.5) is 5.95 Å². The Morgan fingerprint density at radius 2 is 1.53 bits per heavy atom. The minimum atomic E-state index is 0. The Hall–Kier alpha value is -1.94. The van der Waals surface area contributed by atoms with Crippen molar-refractivity contribution in [2.45, 2.75) is 38.8 Å². The molecule has 0 unspecified atom stereocenters. The monoisotopic (exact) mass is 549 g/mol. The van der Waals surface area contributed by atoms with Gasteiger partial charge in [-0.3, -0.25) is 9.89 Å². The summed E-state index contributed by atoms with van der Waals surface area (Å²) in [4.78, 5) is 20.5. The number of hydrogen-bond acceptors (Lipinski definition) is 5. The fourth-order valence-corrected chi connectivity index (χ4v) is 4.50. The topological polar surface area (TPSA) is 59.9 Å². The Morgan fingerprint density at radius 3 is 2.19 bits per heavy atom. The van der Waals surface area contributed by atoms with Gasteiger partial charge in [0.25, 0.3) is 0 Å². The summed E-state index contributed by atoms with van der Waals surface area (Å²) in [5.74, 6) is 1.78. The molecule has 0 amide bonds. The maximum absolute atomic E-state index is 4.55. The normalized spacial score (nSPS) is 18.1. The number of benzene rings is 1. The zero-order chi connectivity index (χ0) is 21.3. The number of nitrogens with zero attached hydrogens (tertiary/aromatic N) is 6. The quantitative estimate of drug-likeness (QED) is 0.351. The summed E-state index contributed by atoms with van der Waals surface area (Å²) in [6, 6.07) is 10.7. The molecule has 0 spiro atoms. The Morgan fingerprint density at radius 1 is 0.875 bits per heavy atom. The van der Waals surface area contributed by atoms with Gasteiger partial charge in [-0.2, -0.15) is 0 Å². The fraction of sp³-hybridized carbons (Fsp3) is 0.542. The van der Waals surface area contributed by atoms with Crippen molar-refractivity contribution in [1.82, 2.24) is 25.1 Å². The third-order valence-corrected chi connectivity index (χ3v) is 6.27. The van der Waals surface area contributed by atoms with Crippen LogP contribution in [-0.2, 0) is 13.1 Å². The van der Waals surface area contributed by atoms with Gasteiger partial charge in [-0.1, -0.05) is 37.1 Å². The zero-order valence-electron chi connectivity index (χ0n) is 19.1. The van der Waals surface area contributed by atoms with Crippen molar-refractivity contribution in [2.75, 3.05) is 51.2 Å². The first-order valence-electron chi connectivity index (χ1n) is 11.6. The lowest BCUT2D eigenvalue weighted by atomic mass is 10.1. The van der Waals surface area contributed by atoms with Gasteiger partial charge in [0.1, 0.15) is 0 Å². The smallest absolute Gasteiger partial charge is 0.225 e. The standard InChI is InChI=1S/C24H35N7.HI/c1-25-23(30-15-17-31(18-16-30)24-26-11-8-12-27-24)28-19-21-9-4-5-10-22(21)20-29-13-6-2-3-7-14-29;/h4-5,8-12H,2-3,6-7,13-20H2,1H3,(H,25,28);1H. The van der Waals surface area contributed by atoms with E-state index in [0.29, 0.717) is 0 Å². The SMILES string of the molecule is CN=C(NCc1ccccc1CN1CCCCCC1)N1CCN(c2ncccn2)CC1.I. The minimum Gasteiger partial charge on any atom is -0.352 e. The average Bonchev–Trinajstić information content (AvgIpc) is 3.10. The summed E-state index contributed by atoms with van der Waals surface area (Å²) in [6.45, 7) is 7.91. The number of likely N-dealkylation sites (tertiary alicyclic amines) is 1. The van der Waals surface area contributed by atoms with E-state index in [4.69, 9.17) is 0 Å². The van der Waals surface area contributed by atoms with E-state index in [1.165, 1.54) is 49.9 Å². The summed E-state index contributed by atoms with van der Waals surface area (Å²) >= 11 is 0. The number of piperazine rings is 1. The van der Waals surface area contributed by atoms with Crippen LogP contribution >= 0.6 is 24.0 Å². The number of anilines is 1. The van der Waals surface area contributed by atoms with Gasteiger partial charge in [-0.05, 0) is 43.1 Å². The second-order valence-electron chi connectivity index (χ2n) is 8.38. The highest BCUT2D eigenvalue weighted by Crippen LogP contribution is 2.16. The van der Waals surface area contributed by atoms with E-state index in [2.05, 4.69) is 59.2 Å². The van der Waals surface area contributed by atoms with E-state index < -0.39 is 0 Å². The molecule has 2 aliphatic rings. The van der Waals surface area contributed by atoms with Gasteiger partial charge in [0.15, 0.2) is 5.96 Å². The van der Waals surface area contributed by atoms with Crippen molar-refractivity contribution in [3.63, 3.8) is 0 Å². The van der Waals surface area contributed by atoms with E-state index >= 15 is 0 Å². The number of guanidine groups is 1. The molecule has 0 atom stereocenters. The van der Waals surface area contributed by atoms with Gasteiger partial charge in [-0.15, -0.1) is 24.0 Å². The maximum Gasteiger partial charge on any atom is 0.225 e. The summed E-state index contributed by atoms with van der Waals surface area (Å²) < 4.78 is 0. The van der Waals surface area contributed by atoms with Crippen molar-refractivity contribution in [1.29, 1.82) is 0 Å². The van der Waals surface area contributed by atoms with E-state index in [1.54, 1.807) is 12.4 Å². The van der Waals surface area contributed by atoms with Crippen LogP contribution in [0.2, 0.25) is 0 Å². The first-order valence-corrected chi connectivity index (χ1v) is 11.6. The lowest BCUT2D eigenvalue weighted by Crippen LogP contribution is -2.52. The van der Waals surface area contributed by atoms with Crippen molar-refractivity contribution in [2.24, 2.45) is 4.99 Å². The lowest BCUT2D eigenvalue weighted by molar-refractivity contribution is 0.276. The third kappa shape index (κ3) is 6.78. The van der Waals surface area contributed by atoms with E-state index in [-0.39, 0.29) is 24.0 Å². The van der Waals surface area contributed by atoms with Crippen LogP contribution in [0.1, 0.15) is 36.8 Å². The van der Waals surface area contributed by atoms with Crippen molar-refractivity contribution >= 4 is 35.9 Å². The van der Waals surface area contributed by atoms with E-state index in [0.717, 1.165) is 51.2 Å². The van der Waals surface area contributed by atoms with Crippen LogP contribution in [0.25, 0.3) is 0 Å². The largest absolute Gasteiger partial charge is 0.352 e. The molecule has 2 aromatic rings. The second kappa shape index (κ2) is 12.9. The molecule has 0 bridgehead atoms. The first kappa shape index (κ1) is 24.7. The summed E-state index contributed by atoms with van der Waals surface area (Å²) in [6.07, 6.45) is 9.01. The maximum atomic E-state index is 4.55. The number of aromatic nitrogens is 2. The summed E-state index contributed by atoms with van der Waals surface area (Å²) in [5.41, 5.74) is 2.79. The van der Waals surface area contributed by atoms with Gasteiger partial charge in [0.05, 0.1) is 0 Å². The molecule has 1 aromatic heterocycles. The highest BCUT2D eigenvalue weighted by atomic mass is 127. The van der Waals surface area contributed by atoms with Crippen LogP contribution in [0.3, 0.4) is 0 Å². The fourth-order valence-electron chi connectivity index (χ4n) is 4.50. The van der Waals surface area contributed by atoms with Gasteiger partial charge in [0.2, 0.25) is 5.95 Å². The second-order valence-corrected chi connectivity index (χ2v) is 8.38. The Bertz CT molecular complexity index is 829. The summed E-state index contributed by atoms with van der Waals surface area (Å²) in [7, 11) is 1.87. The molecule has 7 nitrogen and oxygen atoms in total. The molecule has 1 aromatic carbocycles. The average molecular weight is 550 g/mol. The van der Waals surface area contributed by atoms with Crippen molar-refractivity contribution < 1.29 is 0 Å². The molecule has 0 radical (unpaired) electrons. The van der Waals surface area contributed by atoms with Crippen LogP contribution < -0.4 is 10.2 Å². The van der Waals surface area contributed by atoms with Crippen LogP contribution in [0.5, 0.6) is 0 Å². The first-order chi connectivity index (χ1) is 15.3. The molecular weight excluding hydrogens is 513 g/mol. The van der Waals surface area contributed by atoms with Gasteiger partial charge in [0, 0.05) is 58.7 Å². The molecule has 3 heterocycles. The predicted octanol–water partition coefficient (Wildman–Crippen LogP) is 3.37. The molecule has 8 heteroatoms.